The molecule has 0 amide bonds. The monoisotopic (exact) mass is 326 g/mol. The molecule has 8 nitrogen and oxygen atoms in total. The first-order valence-corrected chi connectivity index (χ1v) is 7.19. The number of hydrogen-bond donors (Lipinski definition) is 2. The lowest BCUT2D eigenvalue weighted by Crippen LogP contribution is -2.34. The molecule has 8 heteroatoms. The van der Waals surface area contributed by atoms with E-state index in [-0.39, 0.29) is 13.1 Å². The van der Waals surface area contributed by atoms with E-state index in [1.807, 2.05) is 0 Å². The molecular weight excluding hydrogens is 312 g/mol. The van der Waals surface area contributed by atoms with E-state index in [2.05, 4.69) is 9.97 Å². The van der Waals surface area contributed by atoms with Crippen LogP contribution < -0.4 is 22.5 Å². The second-order valence-corrected chi connectivity index (χ2v) is 5.23. The van der Waals surface area contributed by atoms with Gasteiger partial charge in [0, 0.05) is 24.5 Å². The molecular formula is C16H14N4O4. The summed E-state index contributed by atoms with van der Waals surface area (Å²) in [4.78, 5) is 51.9. The van der Waals surface area contributed by atoms with Crippen LogP contribution in [0, 0.1) is 0 Å². The van der Waals surface area contributed by atoms with Crippen LogP contribution in [0.25, 0.3) is 0 Å². The molecule has 2 heterocycles. The predicted molar refractivity (Wildman–Crippen MR) is 87.3 cm³/mol. The van der Waals surface area contributed by atoms with Gasteiger partial charge in [-0.1, -0.05) is 24.3 Å². The largest absolute Gasteiger partial charge is 0.328 e. The molecule has 0 bridgehead atoms. The van der Waals surface area contributed by atoms with Crippen molar-refractivity contribution in [1.29, 1.82) is 0 Å². The predicted octanol–water partition coefficient (Wildman–Crippen LogP) is -0.517. The fourth-order valence-corrected chi connectivity index (χ4v) is 2.40. The third-order valence-electron chi connectivity index (χ3n) is 3.56. The molecule has 0 saturated heterocycles. The summed E-state index contributed by atoms with van der Waals surface area (Å²) in [5, 5.41) is 0. The van der Waals surface area contributed by atoms with Crippen molar-refractivity contribution < 1.29 is 0 Å². The second-order valence-electron chi connectivity index (χ2n) is 5.23. The van der Waals surface area contributed by atoms with E-state index in [9.17, 15) is 19.2 Å². The first-order chi connectivity index (χ1) is 11.5. The smallest absolute Gasteiger partial charge is 0.314 e. The summed E-state index contributed by atoms with van der Waals surface area (Å²) in [5.41, 5.74) is -0.370. The first-order valence-electron chi connectivity index (χ1n) is 7.19. The van der Waals surface area contributed by atoms with E-state index in [4.69, 9.17) is 0 Å². The van der Waals surface area contributed by atoms with E-state index in [1.54, 1.807) is 24.3 Å². The van der Waals surface area contributed by atoms with Gasteiger partial charge in [-0.05, 0) is 11.1 Å². The Kier molecular flexibility index (Phi) is 4.11. The van der Waals surface area contributed by atoms with Crippen molar-refractivity contribution in [2.24, 2.45) is 0 Å². The molecule has 0 radical (unpaired) electrons. The number of aromatic amines is 2. The lowest BCUT2D eigenvalue weighted by molar-refractivity contribution is 0.686. The summed E-state index contributed by atoms with van der Waals surface area (Å²) in [7, 11) is 0. The van der Waals surface area contributed by atoms with Gasteiger partial charge in [-0.25, -0.2) is 9.59 Å². The highest BCUT2D eigenvalue weighted by Gasteiger charge is 2.05. The summed E-state index contributed by atoms with van der Waals surface area (Å²) >= 11 is 0. The minimum Gasteiger partial charge on any atom is -0.314 e. The van der Waals surface area contributed by atoms with E-state index >= 15 is 0 Å². The molecule has 2 aromatic heterocycles. The van der Waals surface area contributed by atoms with Gasteiger partial charge in [0.2, 0.25) is 0 Å². The van der Waals surface area contributed by atoms with Crippen molar-refractivity contribution in [2.45, 2.75) is 13.1 Å². The normalized spacial score (nSPS) is 10.7. The Morgan fingerprint density at radius 3 is 1.58 bits per heavy atom. The number of benzene rings is 1. The fourth-order valence-electron chi connectivity index (χ4n) is 2.40. The van der Waals surface area contributed by atoms with Crippen LogP contribution in [0.4, 0.5) is 0 Å². The maximum Gasteiger partial charge on any atom is 0.328 e. The van der Waals surface area contributed by atoms with Crippen molar-refractivity contribution in [3.05, 3.63) is 102 Å². The molecule has 1 aromatic carbocycles. The quantitative estimate of drug-likeness (QED) is 0.672. The highest BCUT2D eigenvalue weighted by Crippen LogP contribution is 2.06. The minimum absolute atomic E-state index is 0.100. The number of H-pyrrole nitrogens is 2. The van der Waals surface area contributed by atoms with Crippen molar-refractivity contribution >= 4 is 0 Å². The van der Waals surface area contributed by atoms with Crippen molar-refractivity contribution in [2.75, 3.05) is 0 Å². The average molecular weight is 326 g/mol. The summed E-state index contributed by atoms with van der Waals surface area (Å²) in [5.74, 6) is 0. The van der Waals surface area contributed by atoms with Gasteiger partial charge in [0.15, 0.2) is 0 Å². The van der Waals surface area contributed by atoms with Crippen LogP contribution in [-0.4, -0.2) is 19.1 Å². The van der Waals surface area contributed by atoms with E-state index < -0.39 is 22.5 Å². The maximum absolute atomic E-state index is 11.8. The molecule has 3 aromatic rings. The number of nitrogens with one attached hydrogen (secondary N) is 2. The zero-order chi connectivity index (χ0) is 17.1. The molecule has 2 N–H and O–H groups in total. The van der Waals surface area contributed by atoms with E-state index in [1.165, 1.54) is 24.5 Å². The third-order valence-corrected chi connectivity index (χ3v) is 3.56. The first kappa shape index (κ1) is 15.5. The molecule has 0 spiro atoms. The van der Waals surface area contributed by atoms with Gasteiger partial charge in [-0.15, -0.1) is 0 Å². The molecule has 0 aliphatic heterocycles. The van der Waals surface area contributed by atoms with Crippen molar-refractivity contribution in [1.82, 2.24) is 19.1 Å². The van der Waals surface area contributed by atoms with Crippen LogP contribution in [0.15, 0.2) is 68.0 Å². The standard InChI is InChI=1S/C16H14N4O4/c21-13-4-6-17-15(23)19(13)9-11-2-1-3-12(8-11)10-20-14(22)5-7-18-16(20)24/h1-8H,9-10H2,(H,17,23)(H,18,24). The molecule has 0 unspecified atom stereocenters. The van der Waals surface area contributed by atoms with Crippen LogP contribution >= 0.6 is 0 Å². The molecule has 3 rings (SSSR count). The van der Waals surface area contributed by atoms with Crippen LogP contribution in [0.2, 0.25) is 0 Å². The summed E-state index contributed by atoms with van der Waals surface area (Å²) in [6.07, 6.45) is 2.59. The SMILES string of the molecule is O=c1cc[nH]c(=O)n1Cc1cccc(Cn2c(=O)cc[nH]c2=O)c1. The summed E-state index contributed by atoms with van der Waals surface area (Å²) < 4.78 is 2.14. The van der Waals surface area contributed by atoms with Crippen molar-refractivity contribution in [3.63, 3.8) is 0 Å². The zero-order valence-electron chi connectivity index (χ0n) is 12.6. The van der Waals surface area contributed by atoms with Gasteiger partial charge in [0.05, 0.1) is 13.1 Å². The molecule has 0 atom stereocenters. The van der Waals surface area contributed by atoms with E-state index in [0.717, 1.165) is 9.13 Å². The maximum atomic E-state index is 11.8. The van der Waals surface area contributed by atoms with Crippen LogP contribution in [-0.2, 0) is 13.1 Å². The average Bonchev–Trinajstić information content (AvgIpc) is 2.55. The Balaban J connectivity index is 1.93. The van der Waals surface area contributed by atoms with Crippen molar-refractivity contribution in [3.8, 4) is 0 Å². The highest BCUT2D eigenvalue weighted by atomic mass is 16.2. The Bertz CT molecular complexity index is 963. The Morgan fingerprint density at radius 2 is 1.17 bits per heavy atom. The minimum atomic E-state index is -0.497. The Morgan fingerprint density at radius 1 is 0.708 bits per heavy atom. The van der Waals surface area contributed by atoms with Gasteiger partial charge in [0.25, 0.3) is 11.1 Å². The number of hydrogen-bond acceptors (Lipinski definition) is 4. The number of aromatic nitrogens is 4. The lowest BCUT2D eigenvalue weighted by Gasteiger charge is -2.08. The van der Waals surface area contributed by atoms with Gasteiger partial charge >= 0.3 is 11.4 Å². The van der Waals surface area contributed by atoms with Crippen LogP contribution in [0.3, 0.4) is 0 Å². The molecule has 0 aliphatic rings. The Hall–Kier alpha value is -3.42. The summed E-state index contributed by atoms with van der Waals surface area (Å²) in [6, 6.07) is 9.57. The molecule has 0 saturated carbocycles. The number of rotatable bonds is 4. The molecule has 0 fully saturated rings. The molecule has 0 aliphatic carbocycles. The van der Waals surface area contributed by atoms with Crippen LogP contribution in [0.1, 0.15) is 11.1 Å². The second kappa shape index (κ2) is 6.37. The van der Waals surface area contributed by atoms with Crippen LogP contribution in [0.5, 0.6) is 0 Å². The topological polar surface area (TPSA) is 110 Å². The third kappa shape index (κ3) is 3.17. The number of nitrogens with zero attached hydrogens (tertiary/aromatic N) is 2. The van der Waals surface area contributed by atoms with Gasteiger partial charge in [-0.2, -0.15) is 0 Å². The van der Waals surface area contributed by atoms with Gasteiger partial charge in [0.1, 0.15) is 0 Å². The summed E-state index contributed by atoms with van der Waals surface area (Å²) in [6.45, 7) is 0.200. The highest BCUT2D eigenvalue weighted by molar-refractivity contribution is 5.24. The fraction of sp³-hybridized carbons (Fsp3) is 0.125. The Labute approximate surface area is 134 Å². The molecule has 122 valence electrons. The zero-order valence-corrected chi connectivity index (χ0v) is 12.6. The molecule has 24 heavy (non-hydrogen) atoms. The van der Waals surface area contributed by atoms with Gasteiger partial charge < -0.3 is 9.97 Å². The lowest BCUT2D eigenvalue weighted by atomic mass is 10.1. The van der Waals surface area contributed by atoms with E-state index in [0.29, 0.717) is 11.1 Å². The van der Waals surface area contributed by atoms with Gasteiger partial charge in [-0.3, -0.25) is 18.7 Å².